The van der Waals surface area contributed by atoms with Gasteiger partial charge in [0.25, 0.3) is 0 Å². The third-order valence-electron chi connectivity index (χ3n) is 3.47. The quantitative estimate of drug-likeness (QED) is 0.827. The highest BCUT2D eigenvalue weighted by Gasteiger charge is 2.33. The first-order valence-corrected chi connectivity index (χ1v) is 5.96. The van der Waals surface area contributed by atoms with Crippen molar-refractivity contribution in [3.63, 3.8) is 0 Å². The molecule has 0 aliphatic heterocycles. The molecule has 0 saturated carbocycles. The Labute approximate surface area is 91.8 Å². The van der Waals surface area contributed by atoms with E-state index in [1.165, 1.54) is 11.3 Å². The van der Waals surface area contributed by atoms with Crippen LogP contribution < -0.4 is 5.73 Å². The van der Waals surface area contributed by atoms with Gasteiger partial charge in [-0.3, -0.25) is 0 Å². The summed E-state index contributed by atoms with van der Waals surface area (Å²) in [6.45, 7) is 7.40. The molecule has 2 rings (SSSR count). The molecular formula is C13H21NO. The summed E-state index contributed by atoms with van der Waals surface area (Å²) in [5, 5.41) is 0. The minimum atomic E-state index is 0.490. The molecule has 0 aromatic carbocycles. The SMILES string of the molecule is CC(C)c1cc2c(o1)C(CCN)C(C)C2. The molecule has 2 nitrogen and oxygen atoms in total. The minimum Gasteiger partial charge on any atom is -0.465 e. The summed E-state index contributed by atoms with van der Waals surface area (Å²) in [5.41, 5.74) is 7.07. The van der Waals surface area contributed by atoms with Gasteiger partial charge in [0, 0.05) is 11.8 Å². The number of nitrogens with two attached hydrogens (primary N) is 1. The van der Waals surface area contributed by atoms with Crippen LogP contribution in [0.1, 0.15) is 56.1 Å². The van der Waals surface area contributed by atoms with Crippen molar-refractivity contribution in [3.05, 3.63) is 23.2 Å². The van der Waals surface area contributed by atoms with Crippen LogP contribution in [0.5, 0.6) is 0 Å². The largest absolute Gasteiger partial charge is 0.465 e. The zero-order valence-electron chi connectivity index (χ0n) is 9.92. The molecule has 84 valence electrons. The molecule has 2 unspecified atom stereocenters. The molecule has 1 aliphatic rings. The first-order chi connectivity index (χ1) is 7.13. The van der Waals surface area contributed by atoms with E-state index < -0.39 is 0 Å². The molecule has 0 spiro atoms. The molecule has 2 atom stereocenters. The van der Waals surface area contributed by atoms with Gasteiger partial charge in [0.2, 0.25) is 0 Å². The lowest BCUT2D eigenvalue weighted by molar-refractivity contribution is 0.372. The first kappa shape index (κ1) is 10.7. The van der Waals surface area contributed by atoms with E-state index in [1.54, 1.807) is 0 Å². The van der Waals surface area contributed by atoms with Crippen LogP contribution in [0, 0.1) is 5.92 Å². The third-order valence-corrected chi connectivity index (χ3v) is 3.47. The summed E-state index contributed by atoms with van der Waals surface area (Å²) in [5.74, 6) is 4.09. The van der Waals surface area contributed by atoms with Crippen LogP contribution in [0.3, 0.4) is 0 Å². The smallest absolute Gasteiger partial charge is 0.110 e. The predicted molar refractivity (Wildman–Crippen MR) is 62.1 cm³/mol. The summed E-state index contributed by atoms with van der Waals surface area (Å²) < 4.78 is 5.97. The normalized spacial score (nSPS) is 24.9. The van der Waals surface area contributed by atoms with Gasteiger partial charge >= 0.3 is 0 Å². The van der Waals surface area contributed by atoms with E-state index in [0.717, 1.165) is 25.1 Å². The highest BCUT2D eigenvalue weighted by atomic mass is 16.3. The average Bonchev–Trinajstić information content (AvgIpc) is 2.67. The van der Waals surface area contributed by atoms with E-state index in [9.17, 15) is 0 Å². The topological polar surface area (TPSA) is 39.2 Å². The average molecular weight is 207 g/mol. The van der Waals surface area contributed by atoms with Gasteiger partial charge < -0.3 is 10.2 Å². The van der Waals surface area contributed by atoms with Crippen molar-refractivity contribution < 1.29 is 4.42 Å². The lowest BCUT2D eigenvalue weighted by Crippen LogP contribution is -2.10. The standard InChI is InChI=1S/C13H21NO/c1-8(2)12-7-10-6-9(3)11(4-5-14)13(10)15-12/h7-9,11H,4-6,14H2,1-3H3. The number of fused-ring (bicyclic) bond motifs is 1. The first-order valence-electron chi connectivity index (χ1n) is 5.96. The third kappa shape index (κ3) is 1.83. The Morgan fingerprint density at radius 1 is 1.53 bits per heavy atom. The van der Waals surface area contributed by atoms with Gasteiger partial charge in [0.15, 0.2) is 0 Å². The van der Waals surface area contributed by atoms with Gasteiger partial charge in [-0.05, 0) is 36.9 Å². The molecule has 1 heterocycles. The summed E-state index contributed by atoms with van der Waals surface area (Å²) in [6, 6.07) is 2.24. The molecule has 2 heteroatoms. The van der Waals surface area contributed by atoms with Gasteiger partial charge in [-0.2, -0.15) is 0 Å². The highest BCUT2D eigenvalue weighted by Crippen LogP contribution is 2.42. The molecule has 15 heavy (non-hydrogen) atoms. The summed E-state index contributed by atoms with van der Waals surface area (Å²) in [6.07, 6.45) is 2.22. The second kappa shape index (κ2) is 4.01. The van der Waals surface area contributed by atoms with Crippen LogP contribution >= 0.6 is 0 Å². The molecule has 0 bridgehead atoms. The fourth-order valence-corrected chi connectivity index (χ4v) is 2.57. The fraction of sp³-hybridized carbons (Fsp3) is 0.692. The van der Waals surface area contributed by atoms with E-state index >= 15 is 0 Å². The molecule has 1 aromatic heterocycles. The van der Waals surface area contributed by atoms with E-state index in [2.05, 4.69) is 26.8 Å². The van der Waals surface area contributed by atoms with Crippen molar-refractivity contribution in [3.8, 4) is 0 Å². The zero-order chi connectivity index (χ0) is 11.0. The molecule has 0 fully saturated rings. The summed E-state index contributed by atoms with van der Waals surface area (Å²) >= 11 is 0. The maximum atomic E-state index is 5.97. The maximum Gasteiger partial charge on any atom is 0.110 e. The van der Waals surface area contributed by atoms with Crippen molar-refractivity contribution in [2.75, 3.05) is 6.54 Å². The van der Waals surface area contributed by atoms with Crippen LogP contribution in [0.25, 0.3) is 0 Å². The molecule has 1 aliphatic carbocycles. The van der Waals surface area contributed by atoms with Crippen molar-refractivity contribution >= 4 is 0 Å². The molecule has 1 aromatic rings. The van der Waals surface area contributed by atoms with Crippen LogP contribution in [0.2, 0.25) is 0 Å². The van der Waals surface area contributed by atoms with Crippen molar-refractivity contribution in [2.45, 2.75) is 45.4 Å². The predicted octanol–water partition coefficient (Wildman–Crippen LogP) is 3.03. The number of hydrogen-bond donors (Lipinski definition) is 1. The molecule has 2 N–H and O–H groups in total. The van der Waals surface area contributed by atoms with Gasteiger partial charge in [0.1, 0.15) is 11.5 Å². The van der Waals surface area contributed by atoms with Crippen LogP contribution in [-0.2, 0) is 6.42 Å². The highest BCUT2D eigenvalue weighted by molar-refractivity contribution is 5.31. The lowest BCUT2D eigenvalue weighted by atomic mass is 9.94. The number of rotatable bonds is 3. The van der Waals surface area contributed by atoms with E-state index in [-0.39, 0.29) is 0 Å². The van der Waals surface area contributed by atoms with Gasteiger partial charge in [0.05, 0.1) is 0 Å². The molecular weight excluding hydrogens is 186 g/mol. The lowest BCUT2D eigenvalue weighted by Gasteiger charge is -2.14. The van der Waals surface area contributed by atoms with E-state index in [4.69, 9.17) is 10.2 Å². The molecule has 0 saturated heterocycles. The second-order valence-electron chi connectivity index (χ2n) is 5.06. The Morgan fingerprint density at radius 3 is 2.87 bits per heavy atom. The maximum absolute atomic E-state index is 5.97. The van der Waals surface area contributed by atoms with E-state index in [1.807, 2.05) is 0 Å². The second-order valence-corrected chi connectivity index (χ2v) is 5.06. The van der Waals surface area contributed by atoms with Crippen molar-refractivity contribution in [2.24, 2.45) is 11.7 Å². The zero-order valence-corrected chi connectivity index (χ0v) is 9.92. The summed E-state index contributed by atoms with van der Waals surface area (Å²) in [7, 11) is 0. The van der Waals surface area contributed by atoms with E-state index in [0.29, 0.717) is 17.8 Å². The fourth-order valence-electron chi connectivity index (χ4n) is 2.57. The van der Waals surface area contributed by atoms with Crippen LogP contribution in [0.15, 0.2) is 10.5 Å². The Hall–Kier alpha value is -0.760. The van der Waals surface area contributed by atoms with Gasteiger partial charge in [-0.1, -0.05) is 20.8 Å². The van der Waals surface area contributed by atoms with Crippen LogP contribution in [-0.4, -0.2) is 6.54 Å². The Balaban J connectivity index is 2.26. The molecule has 0 radical (unpaired) electrons. The van der Waals surface area contributed by atoms with Gasteiger partial charge in [-0.25, -0.2) is 0 Å². The number of furan rings is 1. The van der Waals surface area contributed by atoms with Gasteiger partial charge in [-0.15, -0.1) is 0 Å². The summed E-state index contributed by atoms with van der Waals surface area (Å²) in [4.78, 5) is 0. The Morgan fingerprint density at radius 2 is 2.27 bits per heavy atom. The van der Waals surface area contributed by atoms with Crippen LogP contribution in [0.4, 0.5) is 0 Å². The van der Waals surface area contributed by atoms with Crippen molar-refractivity contribution in [1.82, 2.24) is 0 Å². The van der Waals surface area contributed by atoms with Crippen molar-refractivity contribution in [1.29, 1.82) is 0 Å². The molecule has 0 amide bonds. The Kier molecular flexibility index (Phi) is 2.87. The number of hydrogen-bond acceptors (Lipinski definition) is 2. The Bertz CT molecular complexity index is 340. The minimum absolute atomic E-state index is 0.490. The monoisotopic (exact) mass is 207 g/mol.